The summed E-state index contributed by atoms with van der Waals surface area (Å²) in [6.07, 6.45) is 3.58. The number of hydrogen-bond acceptors (Lipinski definition) is 3. The van der Waals surface area contributed by atoms with Crippen LogP contribution in [-0.2, 0) is 16.1 Å². The van der Waals surface area contributed by atoms with Crippen LogP contribution in [0.2, 0.25) is 0 Å². The van der Waals surface area contributed by atoms with Gasteiger partial charge in [0, 0.05) is 25.9 Å². The molecule has 1 atom stereocenters. The van der Waals surface area contributed by atoms with Crippen LogP contribution in [-0.4, -0.2) is 16.8 Å². The second-order valence-corrected chi connectivity index (χ2v) is 5.00. The van der Waals surface area contributed by atoms with E-state index in [-0.39, 0.29) is 24.3 Å². The highest BCUT2D eigenvalue weighted by Gasteiger charge is 2.16. The molecule has 1 aromatic carbocycles. The first-order valence-electron chi connectivity index (χ1n) is 7.13. The first-order chi connectivity index (χ1) is 10.6. The summed E-state index contributed by atoms with van der Waals surface area (Å²) < 4.78 is 0. The minimum atomic E-state index is -0.323. The highest BCUT2D eigenvalue weighted by atomic mass is 16.2. The second kappa shape index (κ2) is 7.93. The highest BCUT2D eigenvalue weighted by Crippen LogP contribution is 2.16. The van der Waals surface area contributed by atoms with E-state index >= 15 is 0 Å². The van der Waals surface area contributed by atoms with Crippen LogP contribution in [0.4, 0.5) is 0 Å². The molecule has 0 saturated carbocycles. The SMILES string of the molecule is CC(=O)NC(CC(=O)NCc1ccncc1)c1ccccc1. The van der Waals surface area contributed by atoms with Gasteiger partial charge in [0.05, 0.1) is 12.5 Å². The molecule has 2 amide bonds. The molecule has 0 aliphatic heterocycles. The summed E-state index contributed by atoms with van der Waals surface area (Å²) in [5.41, 5.74) is 1.90. The van der Waals surface area contributed by atoms with Crippen LogP contribution < -0.4 is 10.6 Å². The number of nitrogens with zero attached hydrogens (tertiary/aromatic N) is 1. The molecular formula is C17H19N3O2. The van der Waals surface area contributed by atoms with E-state index in [0.29, 0.717) is 6.54 Å². The first kappa shape index (κ1) is 15.7. The average molecular weight is 297 g/mol. The van der Waals surface area contributed by atoms with Crippen molar-refractivity contribution in [1.29, 1.82) is 0 Å². The number of aromatic nitrogens is 1. The molecule has 0 radical (unpaired) electrons. The Kier molecular flexibility index (Phi) is 5.65. The number of nitrogens with one attached hydrogen (secondary N) is 2. The Hall–Kier alpha value is -2.69. The monoisotopic (exact) mass is 297 g/mol. The van der Waals surface area contributed by atoms with E-state index < -0.39 is 0 Å². The van der Waals surface area contributed by atoms with E-state index in [1.165, 1.54) is 6.92 Å². The van der Waals surface area contributed by atoms with Crippen LogP contribution in [0.15, 0.2) is 54.9 Å². The zero-order valence-corrected chi connectivity index (χ0v) is 12.5. The Morgan fingerprint density at radius 3 is 2.41 bits per heavy atom. The molecule has 114 valence electrons. The van der Waals surface area contributed by atoms with Gasteiger partial charge in [0.25, 0.3) is 0 Å². The van der Waals surface area contributed by atoms with Crippen LogP contribution in [0.1, 0.15) is 30.5 Å². The van der Waals surface area contributed by atoms with Gasteiger partial charge in [-0.05, 0) is 23.3 Å². The minimum Gasteiger partial charge on any atom is -0.352 e. The zero-order valence-electron chi connectivity index (χ0n) is 12.5. The van der Waals surface area contributed by atoms with Crippen LogP contribution in [0.5, 0.6) is 0 Å². The van der Waals surface area contributed by atoms with Crippen molar-refractivity contribution in [2.45, 2.75) is 25.9 Å². The molecule has 1 unspecified atom stereocenters. The maximum absolute atomic E-state index is 12.1. The van der Waals surface area contributed by atoms with Gasteiger partial charge < -0.3 is 10.6 Å². The van der Waals surface area contributed by atoms with Crippen molar-refractivity contribution in [3.8, 4) is 0 Å². The van der Waals surface area contributed by atoms with Gasteiger partial charge in [-0.15, -0.1) is 0 Å². The van der Waals surface area contributed by atoms with Gasteiger partial charge in [0.1, 0.15) is 0 Å². The topological polar surface area (TPSA) is 71.1 Å². The van der Waals surface area contributed by atoms with Crippen molar-refractivity contribution >= 4 is 11.8 Å². The minimum absolute atomic E-state index is 0.112. The smallest absolute Gasteiger partial charge is 0.222 e. The molecule has 2 aromatic rings. The maximum atomic E-state index is 12.1. The summed E-state index contributed by atoms with van der Waals surface area (Å²) >= 11 is 0. The number of carbonyl (C=O) groups excluding carboxylic acids is 2. The quantitative estimate of drug-likeness (QED) is 0.856. The lowest BCUT2D eigenvalue weighted by molar-refractivity contribution is -0.122. The fraction of sp³-hybridized carbons (Fsp3) is 0.235. The molecule has 1 aromatic heterocycles. The van der Waals surface area contributed by atoms with Crippen LogP contribution >= 0.6 is 0 Å². The van der Waals surface area contributed by atoms with Crippen LogP contribution in [0, 0.1) is 0 Å². The molecule has 0 bridgehead atoms. The number of pyridine rings is 1. The van der Waals surface area contributed by atoms with Crippen molar-refractivity contribution in [2.24, 2.45) is 0 Å². The largest absolute Gasteiger partial charge is 0.352 e. The number of hydrogen-bond donors (Lipinski definition) is 2. The Labute approximate surface area is 129 Å². The van der Waals surface area contributed by atoms with E-state index in [1.54, 1.807) is 12.4 Å². The fourth-order valence-corrected chi connectivity index (χ4v) is 2.14. The summed E-state index contributed by atoms with van der Waals surface area (Å²) in [5, 5.41) is 5.67. The van der Waals surface area contributed by atoms with Crippen LogP contribution in [0.25, 0.3) is 0 Å². The molecular weight excluding hydrogens is 278 g/mol. The van der Waals surface area contributed by atoms with Crippen molar-refractivity contribution in [3.63, 3.8) is 0 Å². The van der Waals surface area contributed by atoms with Gasteiger partial charge in [-0.2, -0.15) is 0 Å². The Morgan fingerprint density at radius 2 is 1.77 bits per heavy atom. The number of carbonyl (C=O) groups is 2. The standard InChI is InChI=1S/C17H19N3O2/c1-13(21)20-16(15-5-3-2-4-6-15)11-17(22)19-12-14-7-9-18-10-8-14/h2-10,16H,11-12H2,1H3,(H,19,22)(H,20,21). The molecule has 5 heteroatoms. The van der Waals surface area contributed by atoms with Gasteiger partial charge in [-0.1, -0.05) is 30.3 Å². The Bertz CT molecular complexity index is 614. The maximum Gasteiger partial charge on any atom is 0.222 e. The molecule has 0 saturated heterocycles. The predicted molar refractivity (Wildman–Crippen MR) is 83.7 cm³/mol. The lowest BCUT2D eigenvalue weighted by atomic mass is 10.0. The summed E-state index contributed by atoms with van der Waals surface area (Å²) in [6.45, 7) is 1.90. The normalized spacial score (nSPS) is 11.5. The molecule has 1 heterocycles. The third kappa shape index (κ3) is 5.01. The number of rotatable bonds is 6. The number of benzene rings is 1. The second-order valence-electron chi connectivity index (χ2n) is 5.00. The first-order valence-corrected chi connectivity index (χ1v) is 7.13. The summed E-state index contributed by atoms with van der Waals surface area (Å²) in [5.74, 6) is -0.268. The average Bonchev–Trinajstić information content (AvgIpc) is 2.54. The van der Waals surface area contributed by atoms with Crippen molar-refractivity contribution in [2.75, 3.05) is 0 Å². The van der Waals surface area contributed by atoms with E-state index in [0.717, 1.165) is 11.1 Å². The molecule has 0 aliphatic rings. The highest BCUT2D eigenvalue weighted by molar-refractivity contribution is 5.79. The zero-order chi connectivity index (χ0) is 15.8. The molecule has 0 aliphatic carbocycles. The van der Waals surface area contributed by atoms with E-state index in [4.69, 9.17) is 0 Å². The molecule has 22 heavy (non-hydrogen) atoms. The van der Waals surface area contributed by atoms with Crippen molar-refractivity contribution < 1.29 is 9.59 Å². The summed E-state index contributed by atoms with van der Waals surface area (Å²) in [4.78, 5) is 27.4. The van der Waals surface area contributed by atoms with Crippen molar-refractivity contribution in [3.05, 3.63) is 66.0 Å². The molecule has 0 fully saturated rings. The van der Waals surface area contributed by atoms with E-state index in [1.807, 2.05) is 42.5 Å². The summed E-state index contributed by atoms with van der Waals surface area (Å²) in [6, 6.07) is 12.9. The third-order valence-electron chi connectivity index (χ3n) is 3.21. The molecule has 2 rings (SSSR count). The van der Waals surface area contributed by atoms with Gasteiger partial charge in [-0.25, -0.2) is 0 Å². The van der Waals surface area contributed by atoms with Gasteiger partial charge in [-0.3, -0.25) is 14.6 Å². The van der Waals surface area contributed by atoms with Gasteiger partial charge in [0.15, 0.2) is 0 Å². The van der Waals surface area contributed by atoms with Gasteiger partial charge >= 0.3 is 0 Å². The van der Waals surface area contributed by atoms with Crippen LogP contribution in [0.3, 0.4) is 0 Å². The lowest BCUT2D eigenvalue weighted by Crippen LogP contribution is -2.32. The Morgan fingerprint density at radius 1 is 1.09 bits per heavy atom. The summed E-state index contributed by atoms with van der Waals surface area (Å²) in [7, 11) is 0. The van der Waals surface area contributed by atoms with Gasteiger partial charge in [0.2, 0.25) is 11.8 Å². The lowest BCUT2D eigenvalue weighted by Gasteiger charge is -2.18. The fourth-order valence-electron chi connectivity index (χ4n) is 2.14. The predicted octanol–water partition coefficient (Wildman–Crippen LogP) is 1.97. The van der Waals surface area contributed by atoms with Crippen molar-refractivity contribution in [1.82, 2.24) is 15.6 Å². The molecule has 0 spiro atoms. The van der Waals surface area contributed by atoms with E-state index in [2.05, 4.69) is 15.6 Å². The number of amides is 2. The molecule has 2 N–H and O–H groups in total. The molecule has 5 nitrogen and oxygen atoms in total. The van der Waals surface area contributed by atoms with E-state index in [9.17, 15) is 9.59 Å². The Balaban J connectivity index is 1.95. The third-order valence-corrected chi connectivity index (χ3v) is 3.21.